The van der Waals surface area contributed by atoms with Gasteiger partial charge in [0.15, 0.2) is 0 Å². The topological polar surface area (TPSA) is 61.4 Å². The molecule has 0 atom stereocenters. The highest BCUT2D eigenvalue weighted by Crippen LogP contribution is 2.30. The highest BCUT2D eigenvalue weighted by molar-refractivity contribution is 5.93. The van der Waals surface area contributed by atoms with Crippen LogP contribution in [0.1, 0.15) is 39.0 Å². The molecule has 1 aliphatic carbocycles. The maximum atomic E-state index is 12.4. The summed E-state index contributed by atoms with van der Waals surface area (Å²) in [6.45, 7) is 2.79. The predicted molar refractivity (Wildman–Crippen MR) is 98.1 cm³/mol. The van der Waals surface area contributed by atoms with Crippen LogP contribution in [0.2, 0.25) is 0 Å². The summed E-state index contributed by atoms with van der Waals surface area (Å²) in [6.07, 6.45) is 4.12. The zero-order chi connectivity index (χ0) is 17.5. The van der Waals surface area contributed by atoms with E-state index < -0.39 is 0 Å². The third-order valence-electron chi connectivity index (χ3n) is 4.67. The lowest BCUT2D eigenvalue weighted by Crippen LogP contribution is -2.35. The lowest BCUT2D eigenvalue weighted by molar-refractivity contribution is -0.128. The number of carbonyl (C=O) groups is 2. The summed E-state index contributed by atoms with van der Waals surface area (Å²) in [5.41, 5.74) is 1.93. The molecule has 0 bridgehead atoms. The SMILES string of the molecule is CCCNC(=O)C1CCC(C(=O)Nc2ccc(N(C)C)cc2)CC1. The van der Waals surface area contributed by atoms with E-state index in [9.17, 15) is 9.59 Å². The van der Waals surface area contributed by atoms with Crippen LogP contribution < -0.4 is 15.5 Å². The van der Waals surface area contributed by atoms with E-state index in [0.717, 1.165) is 50.0 Å². The van der Waals surface area contributed by atoms with Crippen LogP contribution in [0.4, 0.5) is 11.4 Å². The number of hydrogen-bond acceptors (Lipinski definition) is 3. The van der Waals surface area contributed by atoms with Crippen LogP contribution in [0.3, 0.4) is 0 Å². The number of carbonyl (C=O) groups excluding carboxylic acids is 2. The van der Waals surface area contributed by atoms with Crippen LogP contribution in [0.15, 0.2) is 24.3 Å². The minimum Gasteiger partial charge on any atom is -0.378 e. The first-order valence-corrected chi connectivity index (χ1v) is 8.87. The third kappa shape index (κ3) is 4.98. The summed E-state index contributed by atoms with van der Waals surface area (Å²) in [4.78, 5) is 26.4. The lowest BCUT2D eigenvalue weighted by Gasteiger charge is -2.27. The molecular weight excluding hydrogens is 302 g/mol. The molecule has 2 N–H and O–H groups in total. The van der Waals surface area contributed by atoms with Crippen LogP contribution in [-0.2, 0) is 9.59 Å². The fourth-order valence-electron chi connectivity index (χ4n) is 3.10. The van der Waals surface area contributed by atoms with Gasteiger partial charge in [-0.1, -0.05) is 6.92 Å². The fraction of sp³-hybridized carbons (Fsp3) is 0.579. The first kappa shape index (κ1) is 18.3. The van der Waals surface area contributed by atoms with Crippen LogP contribution in [0.5, 0.6) is 0 Å². The molecule has 0 radical (unpaired) electrons. The predicted octanol–water partition coefficient (Wildman–Crippen LogP) is 3.02. The summed E-state index contributed by atoms with van der Waals surface area (Å²) >= 11 is 0. The average molecular weight is 331 g/mol. The van der Waals surface area contributed by atoms with E-state index in [0.29, 0.717) is 0 Å². The zero-order valence-corrected chi connectivity index (χ0v) is 15.0. The van der Waals surface area contributed by atoms with Crippen LogP contribution >= 0.6 is 0 Å². The van der Waals surface area contributed by atoms with Crippen molar-refractivity contribution >= 4 is 23.2 Å². The molecule has 0 heterocycles. The van der Waals surface area contributed by atoms with Gasteiger partial charge >= 0.3 is 0 Å². The van der Waals surface area contributed by atoms with E-state index in [1.54, 1.807) is 0 Å². The highest BCUT2D eigenvalue weighted by atomic mass is 16.2. The Bertz CT molecular complexity index is 546. The Balaban J connectivity index is 1.81. The van der Waals surface area contributed by atoms with Crippen molar-refractivity contribution in [3.63, 3.8) is 0 Å². The first-order valence-electron chi connectivity index (χ1n) is 8.87. The minimum absolute atomic E-state index is 0.00810. The van der Waals surface area contributed by atoms with E-state index in [-0.39, 0.29) is 23.7 Å². The third-order valence-corrected chi connectivity index (χ3v) is 4.67. The number of nitrogens with one attached hydrogen (secondary N) is 2. The Labute approximate surface area is 144 Å². The van der Waals surface area contributed by atoms with Crippen molar-refractivity contribution in [3.8, 4) is 0 Å². The van der Waals surface area contributed by atoms with Gasteiger partial charge in [-0.3, -0.25) is 9.59 Å². The molecule has 5 heteroatoms. The highest BCUT2D eigenvalue weighted by Gasteiger charge is 2.29. The minimum atomic E-state index is 0.00810. The Hall–Kier alpha value is -2.04. The number of rotatable bonds is 6. The first-order chi connectivity index (χ1) is 11.5. The Morgan fingerprint density at radius 1 is 1.00 bits per heavy atom. The molecule has 1 aromatic rings. The van der Waals surface area contributed by atoms with Crippen LogP contribution in [-0.4, -0.2) is 32.5 Å². The monoisotopic (exact) mass is 331 g/mol. The summed E-state index contributed by atoms with van der Waals surface area (Å²) in [6, 6.07) is 7.84. The summed E-state index contributed by atoms with van der Waals surface area (Å²) < 4.78 is 0. The second kappa shape index (κ2) is 8.71. The van der Waals surface area contributed by atoms with Gasteiger partial charge in [0.1, 0.15) is 0 Å². The lowest BCUT2D eigenvalue weighted by atomic mass is 9.81. The Morgan fingerprint density at radius 3 is 2.04 bits per heavy atom. The fourth-order valence-corrected chi connectivity index (χ4v) is 3.10. The second-order valence-electron chi connectivity index (χ2n) is 6.77. The van der Waals surface area contributed by atoms with E-state index in [2.05, 4.69) is 10.6 Å². The van der Waals surface area contributed by atoms with E-state index in [4.69, 9.17) is 0 Å². The van der Waals surface area contributed by atoms with Gasteiger partial charge in [0.2, 0.25) is 11.8 Å². The summed E-state index contributed by atoms with van der Waals surface area (Å²) in [7, 11) is 3.98. The summed E-state index contributed by atoms with van der Waals surface area (Å²) in [5, 5.41) is 5.95. The molecule has 5 nitrogen and oxygen atoms in total. The number of hydrogen-bond donors (Lipinski definition) is 2. The molecule has 132 valence electrons. The van der Waals surface area contributed by atoms with Gasteiger partial charge in [-0.15, -0.1) is 0 Å². The number of benzene rings is 1. The van der Waals surface area contributed by atoms with E-state index in [1.807, 2.05) is 50.2 Å². The smallest absolute Gasteiger partial charge is 0.227 e. The van der Waals surface area contributed by atoms with Gasteiger partial charge < -0.3 is 15.5 Å². The van der Waals surface area contributed by atoms with Gasteiger partial charge in [0, 0.05) is 43.9 Å². The molecule has 0 saturated heterocycles. The van der Waals surface area contributed by atoms with E-state index in [1.165, 1.54) is 0 Å². The average Bonchev–Trinajstić information content (AvgIpc) is 2.60. The largest absolute Gasteiger partial charge is 0.378 e. The Kier molecular flexibility index (Phi) is 6.64. The van der Waals surface area contributed by atoms with Crippen molar-refractivity contribution in [3.05, 3.63) is 24.3 Å². The number of amides is 2. The molecule has 0 aliphatic heterocycles. The van der Waals surface area contributed by atoms with Crippen molar-refractivity contribution in [1.29, 1.82) is 0 Å². The molecule has 1 aliphatic rings. The normalized spacial score (nSPS) is 20.3. The molecule has 0 spiro atoms. The zero-order valence-electron chi connectivity index (χ0n) is 15.0. The number of nitrogens with zero attached hydrogens (tertiary/aromatic N) is 1. The van der Waals surface area contributed by atoms with Crippen molar-refractivity contribution in [2.24, 2.45) is 11.8 Å². The van der Waals surface area contributed by atoms with Gasteiger partial charge in [0.25, 0.3) is 0 Å². The van der Waals surface area contributed by atoms with Crippen LogP contribution in [0, 0.1) is 11.8 Å². The Morgan fingerprint density at radius 2 is 1.54 bits per heavy atom. The molecule has 1 saturated carbocycles. The summed E-state index contributed by atoms with van der Waals surface area (Å²) in [5.74, 6) is 0.295. The van der Waals surface area contributed by atoms with Gasteiger partial charge in [0.05, 0.1) is 0 Å². The standard InChI is InChI=1S/C19H29N3O2/c1-4-13-20-18(23)14-5-7-15(8-6-14)19(24)21-16-9-11-17(12-10-16)22(2)3/h9-12,14-15H,4-8,13H2,1-3H3,(H,20,23)(H,21,24). The van der Waals surface area contributed by atoms with Crippen LogP contribution in [0.25, 0.3) is 0 Å². The quantitative estimate of drug-likeness (QED) is 0.842. The number of anilines is 2. The molecule has 24 heavy (non-hydrogen) atoms. The molecule has 0 unspecified atom stereocenters. The molecule has 2 rings (SSSR count). The molecule has 1 fully saturated rings. The molecule has 1 aromatic carbocycles. The maximum Gasteiger partial charge on any atom is 0.227 e. The van der Waals surface area contributed by atoms with E-state index >= 15 is 0 Å². The molecular formula is C19H29N3O2. The van der Waals surface area contributed by atoms with Crippen molar-refractivity contribution in [2.75, 3.05) is 30.9 Å². The van der Waals surface area contributed by atoms with Gasteiger partial charge in [-0.25, -0.2) is 0 Å². The maximum absolute atomic E-state index is 12.4. The van der Waals surface area contributed by atoms with Crippen molar-refractivity contribution in [1.82, 2.24) is 5.32 Å². The molecule has 2 amide bonds. The van der Waals surface area contributed by atoms with Crippen molar-refractivity contribution in [2.45, 2.75) is 39.0 Å². The van der Waals surface area contributed by atoms with Gasteiger partial charge in [-0.05, 0) is 56.4 Å². The van der Waals surface area contributed by atoms with Crippen molar-refractivity contribution < 1.29 is 9.59 Å². The second-order valence-corrected chi connectivity index (χ2v) is 6.77. The molecule has 0 aromatic heterocycles. The van der Waals surface area contributed by atoms with Gasteiger partial charge in [-0.2, -0.15) is 0 Å².